The van der Waals surface area contributed by atoms with E-state index < -0.39 is 11.9 Å². The number of nitrogens with zero attached hydrogens (tertiary/aromatic N) is 2. The summed E-state index contributed by atoms with van der Waals surface area (Å²) in [6, 6.07) is 0. The van der Waals surface area contributed by atoms with Crippen molar-refractivity contribution in [2.75, 3.05) is 6.61 Å². The van der Waals surface area contributed by atoms with Gasteiger partial charge < -0.3 is 14.6 Å². The molecule has 0 spiro atoms. The molecule has 0 saturated heterocycles. The van der Waals surface area contributed by atoms with E-state index in [2.05, 4.69) is 14.9 Å². The first-order valence-corrected chi connectivity index (χ1v) is 4.18. The van der Waals surface area contributed by atoms with Crippen LogP contribution in [0, 0.1) is 0 Å². The number of carbonyl (C=O) groups excluding carboxylic acids is 2. The van der Waals surface area contributed by atoms with Crippen LogP contribution >= 0.6 is 11.3 Å². The molecule has 6 nitrogen and oxygen atoms in total. The molecule has 1 aromatic rings. The third kappa shape index (κ3) is 3.71. The molecule has 0 fully saturated rings. The van der Waals surface area contributed by atoms with Gasteiger partial charge in [0.25, 0.3) is 0 Å². The van der Waals surface area contributed by atoms with E-state index in [1.165, 1.54) is 0 Å². The van der Waals surface area contributed by atoms with Crippen LogP contribution in [0.3, 0.4) is 0 Å². The Morgan fingerprint density at radius 3 is 2.43 bits per heavy atom. The minimum Gasteiger partial charge on any atom is -0.542 e. The fourth-order valence-electron chi connectivity index (χ4n) is 0.581. The van der Waals surface area contributed by atoms with Gasteiger partial charge in [0.05, 0.1) is 6.61 Å². The van der Waals surface area contributed by atoms with Gasteiger partial charge in [-0.25, -0.2) is 4.79 Å². The Hall–Kier alpha value is 0.136. The molecule has 0 aliphatic rings. The minimum absolute atomic E-state index is 0. The van der Waals surface area contributed by atoms with Crippen molar-refractivity contribution < 1.29 is 70.8 Å². The normalized spacial score (nSPS) is 8.93. The predicted octanol–water partition coefficient (Wildman–Crippen LogP) is -3.92. The molecule has 1 rings (SSSR count). The van der Waals surface area contributed by atoms with E-state index >= 15 is 0 Å². The van der Waals surface area contributed by atoms with Gasteiger partial charge in [-0.3, -0.25) is 0 Å². The van der Waals surface area contributed by atoms with E-state index in [1.54, 1.807) is 6.92 Å². The molecule has 0 bridgehead atoms. The molecule has 0 N–H and O–H groups in total. The van der Waals surface area contributed by atoms with Crippen LogP contribution in [0.4, 0.5) is 0 Å². The third-order valence-electron chi connectivity index (χ3n) is 1.05. The van der Waals surface area contributed by atoms with Gasteiger partial charge in [-0.15, -0.1) is 10.2 Å². The number of hydrogen-bond donors (Lipinski definition) is 0. The summed E-state index contributed by atoms with van der Waals surface area (Å²) in [6.07, 6.45) is 0. The van der Waals surface area contributed by atoms with Crippen LogP contribution < -0.4 is 56.5 Å². The SMILES string of the molecule is CCOC(=O)c1nnc(C(=O)[O-])s1.[K+]. The fraction of sp³-hybridized carbons (Fsp3) is 0.333. The molecule has 1 aromatic heterocycles. The van der Waals surface area contributed by atoms with E-state index in [0.717, 1.165) is 0 Å². The first-order chi connectivity index (χ1) is 6.15. The molecule has 0 aliphatic heterocycles. The van der Waals surface area contributed by atoms with E-state index in [-0.39, 0.29) is 68.0 Å². The van der Waals surface area contributed by atoms with Crippen LogP contribution in [0.15, 0.2) is 0 Å². The van der Waals surface area contributed by atoms with E-state index in [1.807, 2.05) is 0 Å². The Morgan fingerprint density at radius 2 is 2.00 bits per heavy atom. The second-order valence-electron chi connectivity index (χ2n) is 1.92. The number of ether oxygens (including phenoxy) is 1. The Kier molecular flexibility index (Phi) is 6.65. The summed E-state index contributed by atoms with van der Waals surface area (Å²) in [4.78, 5) is 21.2. The first kappa shape index (κ1) is 14.1. The van der Waals surface area contributed by atoms with Gasteiger partial charge in [-0.05, 0) is 6.92 Å². The number of carboxylic acid groups (broad SMARTS) is 1. The largest absolute Gasteiger partial charge is 1.00 e. The van der Waals surface area contributed by atoms with Gasteiger partial charge in [0.2, 0.25) is 5.01 Å². The smallest absolute Gasteiger partial charge is 0.542 e. The van der Waals surface area contributed by atoms with Crippen LogP contribution in [0.2, 0.25) is 0 Å². The third-order valence-corrected chi connectivity index (χ3v) is 1.93. The van der Waals surface area contributed by atoms with Crippen molar-refractivity contribution in [1.82, 2.24) is 10.2 Å². The second kappa shape index (κ2) is 6.59. The standard InChI is InChI=1S/C6H6N2O4S.K/c1-2-12-6(11)4-8-7-3(13-4)5(9)10;/h2H2,1H3,(H,9,10);/q;+1/p-1. The second-order valence-corrected chi connectivity index (χ2v) is 2.90. The number of carboxylic acids is 1. The number of aromatic carboxylic acids is 1. The monoisotopic (exact) mass is 240 g/mol. The van der Waals surface area contributed by atoms with Crippen molar-refractivity contribution in [1.29, 1.82) is 0 Å². The number of rotatable bonds is 3. The van der Waals surface area contributed by atoms with Crippen LogP contribution in [0.25, 0.3) is 0 Å². The van der Waals surface area contributed by atoms with Crippen molar-refractivity contribution >= 4 is 23.3 Å². The Morgan fingerprint density at radius 1 is 1.43 bits per heavy atom. The molecule has 8 heteroatoms. The molecule has 1 heterocycles. The van der Waals surface area contributed by atoms with Crippen molar-refractivity contribution in [3.8, 4) is 0 Å². The zero-order valence-electron chi connectivity index (χ0n) is 7.64. The maximum atomic E-state index is 11.0. The molecule has 70 valence electrons. The molecule has 0 unspecified atom stereocenters. The number of esters is 1. The van der Waals surface area contributed by atoms with Gasteiger partial charge >= 0.3 is 57.4 Å². The van der Waals surface area contributed by atoms with Crippen LogP contribution in [-0.4, -0.2) is 28.7 Å². The summed E-state index contributed by atoms with van der Waals surface area (Å²) in [5.74, 6) is -2.12. The molecule has 0 atom stereocenters. The van der Waals surface area contributed by atoms with Gasteiger partial charge in [-0.1, -0.05) is 11.3 Å². The van der Waals surface area contributed by atoms with Gasteiger partial charge in [0, 0.05) is 0 Å². The number of carbonyl (C=O) groups is 2. The van der Waals surface area contributed by atoms with Crippen LogP contribution in [-0.2, 0) is 4.74 Å². The van der Waals surface area contributed by atoms with E-state index in [4.69, 9.17) is 0 Å². The van der Waals surface area contributed by atoms with Crippen LogP contribution in [0.5, 0.6) is 0 Å². The zero-order valence-corrected chi connectivity index (χ0v) is 11.6. The fourth-order valence-corrected chi connectivity index (χ4v) is 1.15. The summed E-state index contributed by atoms with van der Waals surface area (Å²) in [5.41, 5.74) is 0. The van der Waals surface area contributed by atoms with E-state index in [9.17, 15) is 14.7 Å². The molecule has 0 radical (unpaired) electrons. The van der Waals surface area contributed by atoms with Crippen molar-refractivity contribution in [3.63, 3.8) is 0 Å². The Labute approximate surface area is 126 Å². The maximum absolute atomic E-state index is 11.0. The maximum Gasteiger partial charge on any atom is 1.00 e. The van der Waals surface area contributed by atoms with Gasteiger partial charge in [0.1, 0.15) is 5.97 Å². The minimum atomic E-state index is -1.45. The molecular weight excluding hydrogens is 235 g/mol. The molecule has 14 heavy (non-hydrogen) atoms. The molecular formula is C6H5KN2O4S. The van der Waals surface area contributed by atoms with Crippen LogP contribution in [0.1, 0.15) is 26.5 Å². The van der Waals surface area contributed by atoms with Crippen molar-refractivity contribution in [2.24, 2.45) is 0 Å². The molecule has 0 saturated carbocycles. The average molecular weight is 240 g/mol. The Balaban J connectivity index is 0.00000169. The summed E-state index contributed by atoms with van der Waals surface area (Å²) in [7, 11) is 0. The summed E-state index contributed by atoms with van der Waals surface area (Å²) < 4.78 is 4.58. The van der Waals surface area contributed by atoms with E-state index in [0.29, 0.717) is 11.3 Å². The van der Waals surface area contributed by atoms with Crippen molar-refractivity contribution in [2.45, 2.75) is 6.92 Å². The number of hydrogen-bond acceptors (Lipinski definition) is 7. The van der Waals surface area contributed by atoms with Crippen molar-refractivity contribution in [3.05, 3.63) is 10.0 Å². The van der Waals surface area contributed by atoms with Gasteiger partial charge in [0.15, 0.2) is 5.01 Å². The quantitative estimate of drug-likeness (QED) is 0.396. The molecule has 0 aliphatic carbocycles. The molecule has 0 aromatic carbocycles. The average Bonchev–Trinajstić information content (AvgIpc) is 2.52. The zero-order chi connectivity index (χ0) is 9.84. The Bertz CT molecular complexity index is 340. The molecule has 0 amide bonds. The summed E-state index contributed by atoms with van der Waals surface area (Å²) in [5, 5.41) is 16.4. The first-order valence-electron chi connectivity index (χ1n) is 3.37. The summed E-state index contributed by atoms with van der Waals surface area (Å²) >= 11 is 0.630. The number of aromatic nitrogens is 2. The van der Waals surface area contributed by atoms with Gasteiger partial charge in [-0.2, -0.15) is 0 Å². The summed E-state index contributed by atoms with van der Waals surface area (Å²) in [6.45, 7) is 1.84. The predicted molar refractivity (Wildman–Crippen MR) is 40.2 cm³/mol. The topological polar surface area (TPSA) is 92.2 Å².